The number of hydrogen-bond donors (Lipinski definition) is 0. The van der Waals surface area contributed by atoms with E-state index in [0.717, 1.165) is 5.56 Å². The van der Waals surface area contributed by atoms with Crippen LogP contribution >= 0.6 is 0 Å². The molecule has 1 aromatic carbocycles. The predicted molar refractivity (Wildman–Crippen MR) is 87.0 cm³/mol. The molecule has 1 amide bonds. The molecule has 0 unspecified atom stereocenters. The highest BCUT2D eigenvalue weighted by molar-refractivity contribution is 5.82. The molecule has 2 heterocycles. The number of rotatable bonds is 5. The third kappa shape index (κ3) is 3.53. The predicted octanol–water partition coefficient (Wildman–Crippen LogP) is 0.738. The van der Waals surface area contributed by atoms with Crippen molar-refractivity contribution < 1.29 is 14.3 Å². The Hall–Kier alpha value is -2.90. The highest BCUT2D eigenvalue weighted by Gasteiger charge is 2.26. The van der Waals surface area contributed by atoms with Crippen molar-refractivity contribution in [1.82, 2.24) is 19.9 Å². The lowest BCUT2D eigenvalue weighted by molar-refractivity contribution is -0.131. The number of hydrogen-bond acceptors (Lipinski definition) is 7. The Kier molecular flexibility index (Phi) is 4.74. The first-order chi connectivity index (χ1) is 11.7. The SMILES string of the molecule is COc1nc(OC)nc(N2CCN(Cc3ccccc3)C(=O)C2)n1. The van der Waals surface area contributed by atoms with Crippen LogP contribution in [-0.2, 0) is 11.3 Å². The van der Waals surface area contributed by atoms with Crippen molar-refractivity contribution >= 4 is 11.9 Å². The summed E-state index contributed by atoms with van der Waals surface area (Å²) in [5.74, 6) is 0.412. The van der Waals surface area contributed by atoms with Gasteiger partial charge in [-0.3, -0.25) is 4.79 Å². The van der Waals surface area contributed by atoms with Crippen molar-refractivity contribution in [3.63, 3.8) is 0 Å². The normalized spacial score (nSPS) is 14.7. The fourth-order valence-electron chi connectivity index (χ4n) is 2.50. The molecule has 0 saturated carbocycles. The van der Waals surface area contributed by atoms with Crippen LogP contribution in [0.4, 0.5) is 5.95 Å². The van der Waals surface area contributed by atoms with Gasteiger partial charge in [0, 0.05) is 19.6 Å². The smallest absolute Gasteiger partial charge is 0.324 e. The number of carbonyl (C=O) groups is 1. The van der Waals surface area contributed by atoms with Gasteiger partial charge in [0.25, 0.3) is 0 Å². The quantitative estimate of drug-likeness (QED) is 0.800. The Bertz CT molecular complexity index is 688. The fourth-order valence-corrected chi connectivity index (χ4v) is 2.50. The third-order valence-corrected chi connectivity index (χ3v) is 3.77. The lowest BCUT2D eigenvalue weighted by atomic mass is 10.2. The molecule has 0 aliphatic carbocycles. The molecular weight excluding hydrogens is 310 g/mol. The van der Waals surface area contributed by atoms with E-state index in [9.17, 15) is 4.79 Å². The summed E-state index contributed by atoms with van der Waals surface area (Å²) in [5.41, 5.74) is 1.11. The van der Waals surface area contributed by atoms with Gasteiger partial charge in [0.15, 0.2) is 0 Å². The summed E-state index contributed by atoms with van der Waals surface area (Å²) in [6, 6.07) is 10.3. The van der Waals surface area contributed by atoms with E-state index in [0.29, 0.717) is 25.6 Å². The van der Waals surface area contributed by atoms with Gasteiger partial charge in [-0.15, -0.1) is 4.98 Å². The lowest BCUT2D eigenvalue weighted by Crippen LogP contribution is -2.50. The zero-order valence-corrected chi connectivity index (χ0v) is 13.7. The molecule has 0 radical (unpaired) electrons. The average molecular weight is 329 g/mol. The summed E-state index contributed by atoms with van der Waals surface area (Å²) in [4.78, 5) is 28.4. The van der Waals surface area contributed by atoms with Crippen molar-refractivity contribution in [3.8, 4) is 12.0 Å². The minimum atomic E-state index is 0.0310. The molecule has 1 saturated heterocycles. The minimum Gasteiger partial charge on any atom is -0.467 e. The molecule has 0 N–H and O–H groups in total. The molecule has 0 bridgehead atoms. The monoisotopic (exact) mass is 329 g/mol. The molecule has 1 aliphatic rings. The van der Waals surface area contributed by atoms with Crippen molar-refractivity contribution in [1.29, 1.82) is 0 Å². The van der Waals surface area contributed by atoms with E-state index in [1.165, 1.54) is 14.2 Å². The van der Waals surface area contributed by atoms with E-state index in [4.69, 9.17) is 9.47 Å². The highest BCUT2D eigenvalue weighted by atomic mass is 16.5. The fraction of sp³-hybridized carbons (Fsp3) is 0.375. The first-order valence-electron chi connectivity index (χ1n) is 7.60. The molecule has 2 aromatic rings. The molecule has 0 atom stereocenters. The molecule has 126 valence electrons. The molecule has 1 fully saturated rings. The number of ether oxygens (including phenoxy) is 2. The van der Waals surface area contributed by atoms with Gasteiger partial charge in [0.1, 0.15) is 6.54 Å². The van der Waals surface area contributed by atoms with Crippen LogP contribution in [0.5, 0.6) is 12.0 Å². The van der Waals surface area contributed by atoms with Crippen LogP contribution in [-0.4, -0.2) is 59.6 Å². The average Bonchev–Trinajstić information content (AvgIpc) is 2.63. The van der Waals surface area contributed by atoms with Crippen LogP contribution in [0.3, 0.4) is 0 Å². The number of carbonyl (C=O) groups excluding carboxylic acids is 1. The molecule has 24 heavy (non-hydrogen) atoms. The molecule has 8 heteroatoms. The Labute approximate surface area is 140 Å². The van der Waals surface area contributed by atoms with Gasteiger partial charge in [0.05, 0.1) is 14.2 Å². The number of benzene rings is 1. The van der Waals surface area contributed by atoms with E-state index in [1.807, 2.05) is 35.2 Å². The van der Waals surface area contributed by atoms with Crippen LogP contribution in [0, 0.1) is 0 Å². The summed E-state index contributed by atoms with van der Waals surface area (Å²) in [6.45, 7) is 2.06. The summed E-state index contributed by atoms with van der Waals surface area (Å²) >= 11 is 0. The summed E-state index contributed by atoms with van der Waals surface area (Å²) < 4.78 is 10.1. The van der Waals surface area contributed by atoms with Gasteiger partial charge in [-0.1, -0.05) is 30.3 Å². The van der Waals surface area contributed by atoms with Crippen LogP contribution in [0.25, 0.3) is 0 Å². The number of aromatic nitrogens is 3. The van der Waals surface area contributed by atoms with E-state index in [-0.39, 0.29) is 24.5 Å². The second kappa shape index (κ2) is 7.12. The van der Waals surface area contributed by atoms with Gasteiger partial charge in [0.2, 0.25) is 11.9 Å². The zero-order valence-electron chi connectivity index (χ0n) is 13.7. The maximum absolute atomic E-state index is 12.4. The van der Waals surface area contributed by atoms with Crippen molar-refractivity contribution in [3.05, 3.63) is 35.9 Å². The van der Waals surface area contributed by atoms with Gasteiger partial charge in [-0.25, -0.2) is 0 Å². The first-order valence-corrected chi connectivity index (χ1v) is 7.60. The van der Waals surface area contributed by atoms with Gasteiger partial charge in [-0.2, -0.15) is 9.97 Å². The van der Waals surface area contributed by atoms with Crippen LogP contribution in [0.15, 0.2) is 30.3 Å². The largest absolute Gasteiger partial charge is 0.467 e. The lowest BCUT2D eigenvalue weighted by Gasteiger charge is -2.34. The Morgan fingerprint density at radius 3 is 2.25 bits per heavy atom. The number of methoxy groups -OCH3 is 2. The maximum Gasteiger partial charge on any atom is 0.324 e. The van der Waals surface area contributed by atoms with Crippen LogP contribution in [0.1, 0.15) is 5.56 Å². The van der Waals surface area contributed by atoms with Gasteiger partial charge < -0.3 is 19.3 Å². The minimum absolute atomic E-state index is 0.0310. The molecule has 1 aromatic heterocycles. The summed E-state index contributed by atoms with van der Waals surface area (Å²) in [5, 5.41) is 0. The van der Waals surface area contributed by atoms with E-state index in [2.05, 4.69) is 15.0 Å². The number of nitrogens with zero attached hydrogens (tertiary/aromatic N) is 5. The molecule has 1 aliphatic heterocycles. The number of amides is 1. The molecule has 3 rings (SSSR count). The number of piperazine rings is 1. The van der Waals surface area contributed by atoms with Crippen LogP contribution in [0.2, 0.25) is 0 Å². The Morgan fingerprint density at radius 1 is 1.00 bits per heavy atom. The maximum atomic E-state index is 12.4. The van der Waals surface area contributed by atoms with E-state index >= 15 is 0 Å². The van der Waals surface area contributed by atoms with E-state index < -0.39 is 0 Å². The van der Waals surface area contributed by atoms with Gasteiger partial charge in [-0.05, 0) is 5.56 Å². The Morgan fingerprint density at radius 2 is 1.67 bits per heavy atom. The summed E-state index contributed by atoms with van der Waals surface area (Å²) in [6.07, 6.45) is 0. The first kappa shape index (κ1) is 16.0. The van der Waals surface area contributed by atoms with Crippen LogP contribution < -0.4 is 14.4 Å². The second-order valence-corrected chi connectivity index (χ2v) is 5.33. The van der Waals surface area contributed by atoms with Crippen molar-refractivity contribution in [2.75, 3.05) is 38.8 Å². The highest BCUT2D eigenvalue weighted by Crippen LogP contribution is 2.18. The van der Waals surface area contributed by atoms with Crippen molar-refractivity contribution in [2.45, 2.75) is 6.54 Å². The topological polar surface area (TPSA) is 80.7 Å². The summed E-state index contributed by atoms with van der Waals surface area (Å²) in [7, 11) is 2.95. The molecule has 0 spiro atoms. The third-order valence-electron chi connectivity index (χ3n) is 3.77. The number of anilines is 1. The van der Waals surface area contributed by atoms with E-state index in [1.54, 1.807) is 4.90 Å². The zero-order chi connectivity index (χ0) is 16.9. The standard InChI is InChI=1S/C16H19N5O3/c1-23-15-17-14(18-16(19-15)24-2)21-9-8-20(13(22)11-21)10-12-6-4-3-5-7-12/h3-7H,8-11H2,1-2H3. The Balaban J connectivity index is 1.70. The van der Waals surface area contributed by atoms with Gasteiger partial charge >= 0.3 is 12.0 Å². The van der Waals surface area contributed by atoms with Crippen molar-refractivity contribution in [2.24, 2.45) is 0 Å². The second-order valence-electron chi connectivity index (χ2n) is 5.33. The molecule has 8 nitrogen and oxygen atoms in total. The molecular formula is C16H19N5O3.